The van der Waals surface area contributed by atoms with Gasteiger partial charge in [0.1, 0.15) is 28.4 Å². The first-order valence-electron chi connectivity index (χ1n) is 11.5. The Morgan fingerprint density at radius 3 is 2.86 bits per heavy atom. The number of hydrogen-bond donors (Lipinski definition) is 2. The van der Waals surface area contributed by atoms with Gasteiger partial charge in [-0.2, -0.15) is 13.2 Å². The van der Waals surface area contributed by atoms with Crippen molar-refractivity contribution >= 4 is 28.4 Å². The van der Waals surface area contributed by atoms with Crippen LogP contribution in [0.5, 0.6) is 5.75 Å². The van der Waals surface area contributed by atoms with Crippen molar-refractivity contribution in [3.05, 3.63) is 71.1 Å². The molecule has 3 aromatic rings. The average Bonchev–Trinajstić information content (AvgIpc) is 3.50. The van der Waals surface area contributed by atoms with Gasteiger partial charge in [0.15, 0.2) is 0 Å². The van der Waals surface area contributed by atoms with Crippen LogP contribution in [0.25, 0.3) is 28.1 Å². The second kappa shape index (κ2) is 9.67. The molecule has 6 nitrogen and oxygen atoms in total. The first-order valence-corrected chi connectivity index (χ1v) is 12.4. The topological polar surface area (TPSA) is 86.2 Å². The zero-order valence-corrected chi connectivity index (χ0v) is 20.4. The van der Waals surface area contributed by atoms with E-state index in [0.717, 1.165) is 18.9 Å². The van der Waals surface area contributed by atoms with E-state index < -0.39 is 11.9 Å². The van der Waals surface area contributed by atoms with Crippen LogP contribution in [0.2, 0.25) is 0 Å². The summed E-state index contributed by atoms with van der Waals surface area (Å²) in [5.74, 6) is 1.38. The number of benzene rings is 1. The largest absolute Gasteiger partial charge is 0.494 e. The highest BCUT2D eigenvalue weighted by atomic mass is 32.2. The summed E-state index contributed by atoms with van der Waals surface area (Å²) in [6.07, 6.45) is 2.15. The summed E-state index contributed by atoms with van der Waals surface area (Å²) in [4.78, 5) is 8.43. The van der Waals surface area contributed by atoms with Crippen molar-refractivity contribution in [3.63, 3.8) is 0 Å². The third kappa shape index (κ3) is 4.51. The smallest absolute Gasteiger partial charge is 0.433 e. The van der Waals surface area contributed by atoms with E-state index in [1.807, 2.05) is 11.8 Å². The molecule has 36 heavy (non-hydrogen) atoms. The van der Waals surface area contributed by atoms with Crippen molar-refractivity contribution in [2.24, 2.45) is 11.7 Å². The van der Waals surface area contributed by atoms with E-state index in [4.69, 9.17) is 14.9 Å². The van der Waals surface area contributed by atoms with Crippen molar-refractivity contribution in [2.45, 2.75) is 30.8 Å². The van der Waals surface area contributed by atoms with Gasteiger partial charge in [-0.05, 0) is 54.0 Å². The Morgan fingerprint density at radius 2 is 2.11 bits per heavy atom. The summed E-state index contributed by atoms with van der Waals surface area (Å²) in [5.41, 5.74) is 7.86. The molecule has 1 aliphatic carbocycles. The highest BCUT2D eigenvalue weighted by Gasteiger charge is 2.33. The Kier molecular flexibility index (Phi) is 6.57. The molecule has 188 valence electrons. The van der Waals surface area contributed by atoms with E-state index in [9.17, 15) is 13.2 Å². The van der Waals surface area contributed by atoms with E-state index in [-0.39, 0.29) is 23.7 Å². The van der Waals surface area contributed by atoms with Crippen molar-refractivity contribution in [3.8, 4) is 17.2 Å². The molecule has 2 atom stereocenters. The number of nitrogens with two attached hydrogens (primary N) is 1. The highest BCUT2D eigenvalue weighted by molar-refractivity contribution is 8.03. The first kappa shape index (κ1) is 24.5. The number of fused-ring (bicyclic) bond motifs is 2. The Labute approximate surface area is 210 Å². The van der Waals surface area contributed by atoms with Crippen LogP contribution < -0.4 is 15.8 Å². The molecule has 5 rings (SSSR count). The van der Waals surface area contributed by atoms with Crippen LogP contribution in [0.4, 0.5) is 13.2 Å². The molecule has 0 spiro atoms. The summed E-state index contributed by atoms with van der Waals surface area (Å²) >= 11 is 1.84. The monoisotopic (exact) mass is 514 g/mol. The number of alkyl halides is 3. The second-order valence-electron chi connectivity index (χ2n) is 8.64. The van der Waals surface area contributed by atoms with Gasteiger partial charge in [-0.1, -0.05) is 18.7 Å². The molecule has 2 aliphatic rings. The van der Waals surface area contributed by atoms with Crippen molar-refractivity contribution in [1.82, 2.24) is 15.3 Å². The lowest BCUT2D eigenvalue weighted by Gasteiger charge is -2.23. The molecule has 0 saturated heterocycles. The van der Waals surface area contributed by atoms with Gasteiger partial charge in [0.25, 0.3) is 0 Å². The molecule has 1 aliphatic heterocycles. The van der Waals surface area contributed by atoms with E-state index in [0.29, 0.717) is 45.8 Å². The summed E-state index contributed by atoms with van der Waals surface area (Å²) in [5, 5.41) is 6.49. The standard InChI is InChI=1S/C26H25F3N4O2S/c1-14(31-12-15-13-36-21-6-4-3-5-16(15)21)23-20(11-30)35-25(33-23)18-7-9-19(34-2)24-17(18)8-10-22(32-24)26(27,28)29/h4,6-10,13,16,21,31H,1,3,5,11-12,30H2,2H3. The summed E-state index contributed by atoms with van der Waals surface area (Å²) in [6, 6.07) is 5.50. The van der Waals surface area contributed by atoms with Crippen molar-refractivity contribution in [1.29, 1.82) is 0 Å². The van der Waals surface area contributed by atoms with Crippen LogP contribution in [0, 0.1) is 5.92 Å². The molecule has 1 aromatic carbocycles. The van der Waals surface area contributed by atoms with E-state index in [2.05, 4.69) is 39.4 Å². The number of oxazole rings is 1. The van der Waals surface area contributed by atoms with Crippen LogP contribution in [-0.4, -0.2) is 28.9 Å². The minimum absolute atomic E-state index is 0.0672. The second-order valence-corrected chi connectivity index (χ2v) is 9.69. The lowest BCUT2D eigenvalue weighted by molar-refractivity contribution is -0.140. The number of rotatable bonds is 7. The van der Waals surface area contributed by atoms with Crippen LogP contribution in [-0.2, 0) is 12.7 Å². The summed E-state index contributed by atoms with van der Waals surface area (Å²) < 4.78 is 51.0. The normalized spacial score (nSPS) is 19.3. The number of halogens is 3. The number of thioether (sulfide) groups is 1. The molecular formula is C26H25F3N4O2S. The highest BCUT2D eigenvalue weighted by Crippen LogP contribution is 2.42. The number of pyridine rings is 1. The fraction of sp³-hybridized carbons (Fsp3) is 0.308. The van der Waals surface area contributed by atoms with Crippen LogP contribution >= 0.6 is 11.8 Å². The molecule has 2 aromatic heterocycles. The van der Waals surface area contributed by atoms with Gasteiger partial charge < -0.3 is 20.2 Å². The number of allylic oxidation sites excluding steroid dienone is 1. The zero-order valence-electron chi connectivity index (χ0n) is 19.6. The number of methoxy groups -OCH3 is 1. The molecule has 0 radical (unpaired) electrons. The molecule has 0 amide bonds. The predicted octanol–water partition coefficient (Wildman–Crippen LogP) is 5.90. The van der Waals surface area contributed by atoms with Gasteiger partial charge in [0.05, 0.1) is 19.4 Å². The third-order valence-corrected chi connectivity index (χ3v) is 7.69. The lowest BCUT2D eigenvalue weighted by atomic mass is 9.88. The van der Waals surface area contributed by atoms with Gasteiger partial charge in [-0.3, -0.25) is 0 Å². The minimum atomic E-state index is -4.58. The Bertz CT molecular complexity index is 1380. The molecule has 2 unspecified atom stereocenters. The van der Waals surface area contributed by atoms with Gasteiger partial charge in [-0.15, -0.1) is 11.8 Å². The maximum Gasteiger partial charge on any atom is 0.433 e. The Balaban J connectivity index is 1.44. The third-order valence-electron chi connectivity index (χ3n) is 6.45. The zero-order chi connectivity index (χ0) is 25.4. The number of hydrogen-bond acceptors (Lipinski definition) is 7. The maximum atomic E-state index is 13.3. The number of nitrogens with zero attached hydrogens (tertiary/aromatic N) is 2. The molecule has 3 N–H and O–H groups in total. The SMILES string of the molecule is C=C(NCC1=CSC2C=CCCC12)c1nc(-c2ccc(OC)c3nc(C(F)(F)F)ccc23)oc1CN. The van der Waals surface area contributed by atoms with Gasteiger partial charge >= 0.3 is 6.18 Å². The lowest BCUT2D eigenvalue weighted by Crippen LogP contribution is -2.23. The fourth-order valence-corrected chi connectivity index (χ4v) is 5.89. The summed E-state index contributed by atoms with van der Waals surface area (Å²) in [7, 11) is 1.38. The van der Waals surface area contributed by atoms with Crippen LogP contribution in [0.1, 0.15) is 30.0 Å². The van der Waals surface area contributed by atoms with Crippen molar-refractivity contribution < 1.29 is 22.3 Å². The predicted molar refractivity (Wildman–Crippen MR) is 135 cm³/mol. The Hall–Kier alpha value is -3.24. The van der Waals surface area contributed by atoms with E-state index in [1.165, 1.54) is 18.7 Å². The molecule has 10 heteroatoms. The van der Waals surface area contributed by atoms with Gasteiger partial charge in [-0.25, -0.2) is 9.97 Å². The average molecular weight is 515 g/mol. The van der Waals surface area contributed by atoms with Crippen LogP contribution in [0.15, 0.2) is 58.4 Å². The fourth-order valence-electron chi connectivity index (χ4n) is 4.60. The first-order chi connectivity index (χ1) is 17.3. The molecular weight excluding hydrogens is 489 g/mol. The maximum absolute atomic E-state index is 13.3. The number of nitrogens with one attached hydrogen (secondary N) is 1. The Morgan fingerprint density at radius 1 is 1.28 bits per heavy atom. The molecule has 3 heterocycles. The number of aromatic nitrogens is 2. The molecule has 0 fully saturated rings. The van der Waals surface area contributed by atoms with Crippen LogP contribution in [0.3, 0.4) is 0 Å². The van der Waals surface area contributed by atoms with E-state index in [1.54, 1.807) is 12.1 Å². The summed E-state index contributed by atoms with van der Waals surface area (Å²) in [6.45, 7) is 4.87. The number of ether oxygens (including phenoxy) is 1. The minimum Gasteiger partial charge on any atom is -0.494 e. The van der Waals surface area contributed by atoms with Gasteiger partial charge in [0.2, 0.25) is 5.89 Å². The molecule has 0 saturated carbocycles. The van der Waals surface area contributed by atoms with Gasteiger partial charge in [0, 0.05) is 22.7 Å². The quantitative estimate of drug-likeness (QED) is 0.380. The molecule has 0 bridgehead atoms. The van der Waals surface area contributed by atoms with E-state index >= 15 is 0 Å². The van der Waals surface area contributed by atoms with Crippen molar-refractivity contribution in [2.75, 3.05) is 13.7 Å².